The van der Waals surface area contributed by atoms with Crippen molar-refractivity contribution in [2.75, 3.05) is 0 Å². The minimum Gasteiger partial charge on any atom is -0.489 e. The maximum absolute atomic E-state index is 15.3. The third-order valence-electron chi connectivity index (χ3n) is 5.52. The molecule has 0 aliphatic carbocycles. The molecule has 1 unspecified atom stereocenters. The van der Waals surface area contributed by atoms with Crippen molar-refractivity contribution in [1.82, 2.24) is 14.8 Å². The highest BCUT2D eigenvalue weighted by molar-refractivity contribution is 5.71. The number of aromatic nitrogens is 3. The van der Waals surface area contributed by atoms with Crippen LogP contribution in [0.1, 0.15) is 35.5 Å². The molecule has 0 aliphatic heterocycles. The van der Waals surface area contributed by atoms with Gasteiger partial charge in [-0.25, -0.2) is 9.37 Å². The fourth-order valence-electron chi connectivity index (χ4n) is 3.82. The molecule has 3 N–H and O–H groups in total. The number of rotatable bonds is 10. The molecule has 0 saturated carbocycles. The third kappa shape index (κ3) is 6.05. The van der Waals surface area contributed by atoms with Gasteiger partial charge in [0.1, 0.15) is 36.9 Å². The summed E-state index contributed by atoms with van der Waals surface area (Å²) < 4.78 is 28.8. The summed E-state index contributed by atoms with van der Waals surface area (Å²) in [6, 6.07) is 17.0. The van der Waals surface area contributed by atoms with E-state index in [1.54, 1.807) is 79.6 Å². The van der Waals surface area contributed by atoms with Gasteiger partial charge < -0.3 is 20.3 Å². The molecule has 36 heavy (non-hydrogen) atoms. The van der Waals surface area contributed by atoms with Crippen molar-refractivity contribution in [2.24, 2.45) is 12.8 Å². The lowest BCUT2D eigenvalue weighted by Crippen LogP contribution is -2.08. The van der Waals surface area contributed by atoms with Crippen molar-refractivity contribution in [2.45, 2.75) is 32.6 Å². The fraction of sp³-hybridized carbons (Fsp3) is 0.222. The van der Waals surface area contributed by atoms with Crippen molar-refractivity contribution in [3.63, 3.8) is 0 Å². The number of carboxylic acid groups (broad SMARTS) is 1. The second-order valence-corrected chi connectivity index (χ2v) is 8.45. The van der Waals surface area contributed by atoms with Crippen LogP contribution in [0, 0.1) is 5.82 Å². The van der Waals surface area contributed by atoms with Crippen LogP contribution >= 0.6 is 0 Å². The quantitative estimate of drug-likeness (QED) is 0.338. The first-order valence-corrected chi connectivity index (χ1v) is 11.4. The lowest BCUT2D eigenvalue weighted by atomic mass is 9.97. The van der Waals surface area contributed by atoms with E-state index in [9.17, 15) is 9.90 Å². The number of para-hydroxylation sites is 1. The van der Waals surface area contributed by atoms with E-state index in [1.165, 1.54) is 0 Å². The predicted octanol–water partition coefficient (Wildman–Crippen LogP) is 4.43. The summed E-state index contributed by atoms with van der Waals surface area (Å²) in [5.74, 6) is 0.123. The van der Waals surface area contributed by atoms with E-state index in [0.717, 1.165) is 0 Å². The molecule has 0 fully saturated rings. The van der Waals surface area contributed by atoms with Gasteiger partial charge in [-0.1, -0.05) is 36.4 Å². The molecule has 0 spiro atoms. The summed E-state index contributed by atoms with van der Waals surface area (Å²) in [6.07, 6.45) is 1.43. The molecule has 0 radical (unpaired) electrons. The zero-order valence-electron chi connectivity index (χ0n) is 20.0. The van der Waals surface area contributed by atoms with Crippen LogP contribution in [0.2, 0.25) is 0 Å². The van der Waals surface area contributed by atoms with E-state index in [1.807, 2.05) is 6.07 Å². The monoisotopic (exact) mass is 490 g/mol. The van der Waals surface area contributed by atoms with Gasteiger partial charge in [-0.2, -0.15) is 5.10 Å². The lowest BCUT2D eigenvalue weighted by molar-refractivity contribution is -0.136. The van der Waals surface area contributed by atoms with Crippen molar-refractivity contribution in [1.29, 1.82) is 0 Å². The minimum atomic E-state index is -0.948. The Balaban J connectivity index is 1.66. The lowest BCUT2D eigenvalue weighted by Gasteiger charge is -2.15. The first-order valence-electron chi connectivity index (χ1n) is 11.4. The Bertz CT molecular complexity index is 1370. The van der Waals surface area contributed by atoms with Crippen LogP contribution in [-0.2, 0) is 31.5 Å². The number of halogens is 1. The highest BCUT2D eigenvalue weighted by atomic mass is 19.1. The SMILES string of the molecule is CC(N)c1cccc(-c2cc(COc3ccccc3CC(=O)O)cc(OCc3ncn(C)n3)c2)c1F. The topological polar surface area (TPSA) is 112 Å². The number of aryl methyl sites for hydroxylation is 1. The van der Waals surface area contributed by atoms with Gasteiger partial charge in [0.15, 0.2) is 5.82 Å². The molecule has 1 atom stereocenters. The molecular weight excluding hydrogens is 463 g/mol. The second-order valence-electron chi connectivity index (χ2n) is 8.45. The van der Waals surface area contributed by atoms with Crippen LogP contribution in [0.4, 0.5) is 4.39 Å². The van der Waals surface area contributed by atoms with Crippen LogP contribution in [0.3, 0.4) is 0 Å². The molecule has 186 valence electrons. The average molecular weight is 491 g/mol. The number of nitrogens with two attached hydrogens (primary N) is 1. The standard InChI is InChI=1S/C27H27FN4O4/c1-17(29)22-7-5-8-23(27(22)28)20-10-18(11-21(12-20)35-15-25-30-16-32(2)31-25)14-36-24-9-4-3-6-19(24)13-26(33)34/h3-12,16-17H,13-15,29H2,1-2H3,(H,33,34). The number of aliphatic carboxylic acids is 1. The third-order valence-corrected chi connectivity index (χ3v) is 5.52. The number of carboxylic acids is 1. The molecule has 3 aromatic carbocycles. The van der Waals surface area contributed by atoms with Gasteiger partial charge >= 0.3 is 5.97 Å². The Hall–Kier alpha value is -4.24. The molecule has 0 aliphatic rings. The molecule has 0 amide bonds. The van der Waals surface area contributed by atoms with Gasteiger partial charge in [0.25, 0.3) is 0 Å². The van der Waals surface area contributed by atoms with E-state index < -0.39 is 17.8 Å². The minimum absolute atomic E-state index is 0.122. The van der Waals surface area contributed by atoms with Gasteiger partial charge in [-0.15, -0.1) is 0 Å². The zero-order chi connectivity index (χ0) is 25.7. The first kappa shape index (κ1) is 24.9. The molecule has 0 saturated heterocycles. The van der Waals surface area contributed by atoms with E-state index in [0.29, 0.717) is 45.1 Å². The van der Waals surface area contributed by atoms with Crippen molar-refractivity contribution in [3.8, 4) is 22.6 Å². The molecule has 0 bridgehead atoms. The number of nitrogens with zero attached hydrogens (tertiary/aromatic N) is 3. The molecule has 1 aromatic heterocycles. The highest BCUT2D eigenvalue weighted by Gasteiger charge is 2.15. The number of carbonyl (C=O) groups is 1. The van der Waals surface area contributed by atoms with Crippen molar-refractivity contribution < 1.29 is 23.8 Å². The van der Waals surface area contributed by atoms with Gasteiger partial charge in [-0.05, 0) is 42.3 Å². The summed E-state index contributed by atoms with van der Waals surface area (Å²) in [5, 5.41) is 13.4. The van der Waals surface area contributed by atoms with Gasteiger partial charge in [0.2, 0.25) is 0 Å². The van der Waals surface area contributed by atoms with Gasteiger partial charge in [-0.3, -0.25) is 9.48 Å². The summed E-state index contributed by atoms with van der Waals surface area (Å²) in [7, 11) is 1.77. The molecule has 9 heteroatoms. The van der Waals surface area contributed by atoms with E-state index in [-0.39, 0.29) is 19.6 Å². The van der Waals surface area contributed by atoms with E-state index in [2.05, 4.69) is 10.1 Å². The summed E-state index contributed by atoms with van der Waals surface area (Å²) in [6.45, 7) is 1.99. The summed E-state index contributed by atoms with van der Waals surface area (Å²) in [4.78, 5) is 15.4. The molecular formula is C27H27FN4O4. The second kappa shape index (κ2) is 11.0. The first-order chi connectivity index (χ1) is 17.3. The average Bonchev–Trinajstić information content (AvgIpc) is 3.27. The predicted molar refractivity (Wildman–Crippen MR) is 132 cm³/mol. The highest BCUT2D eigenvalue weighted by Crippen LogP contribution is 2.32. The Kier molecular flexibility index (Phi) is 7.60. The van der Waals surface area contributed by atoms with Gasteiger partial charge in [0.05, 0.1) is 6.42 Å². The molecule has 1 heterocycles. The Labute approximate surface area is 208 Å². The molecule has 4 aromatic rings. The van der Waals surface area contributed by atoms with Crippen LogP contribution in [0.5, 0.6) is 11.5 Å². The Morgan fingerprint density at radius 2 is 1.92 bits per heavy atom. The fourth-order valence-corrected chi connectivity index (χ4v) is 3.82. The largest absolute Gasteiger partial charge is 0.489 e. The molecule has 8 nitrogen and oxygen atoms in total. The van der Waals surface area contributed by atoms with E-state index in [4.69, 9.17) is 15.2 Å². The number of benzene rings is 3. The number of hydrogen-bond donors (Lipinski definition) is 2. The van der Waals surface area contributed by atoms with Crippen LogP contribution in [-0.4, -0.2) is 25.8 Å². The van der Waals surface area contributed by atoms with Crippen LogP contribution < -0.4 is 15.2 Å². The Morgan fingerprint density at radius 3 is 2.64 bits per heavy atom. The van der Waals surface area contributed by atoms with Gasteiger partial charge in [0, 0.05) is 29.8 Å². The van der Waals surface area contributed by atoms with Crippen molar-refractivity contribution in [3.05, 3.63) is 95.3 Å². The maximum atomic E-state index is 15.3. The summed E-state index contributed by atoms with van der Waals surface area (Å²) >= 11 is 0. The van der Waals surface area contributed by atoms with E-state index >= 15 is 4.39 Å². The smallest absolute Gasteiger partial charge is 0.307 e. The number of hydrogen-bond acceptors (Lipinski definition) is 6. The summed E-state index contributed by atoms with van der Waals surface area (Å²) in [5.41, 5.74) is 8.63. The van der Waals surface area contributed by atoms with Crippen LogP contribution in [0.15, 0.2) is 67.0 Å². The zero-order valence-corrected chi connectivity index (χ0v) is 20.0. The Morgan fingerprint density at radius 1 is 1.11 bits per heavy atom. The maximum Gasteiger partial charge on any atom is 0.307 e. The van der Waals surface area contributed by atoms with Crippen LogP contribution in [0.25, 0.3) is 11.1 Å². The molecule has 4 rings (SSSR count). The number of ether oxygens (including phenoxy) is 2. The normalized spacial score (nSPS) is 11.8. The van der Waals surface area contributed by atoms with Crippen molar-refractivity contribution >= 4 is 5.97 Å².